The molecule has 2 nitrogen and oxygen atoms in total. The molecule has 0 bridgehead atoms. The van der Waals surface area contributed by atoms with Crippen molar-refractivity contribution in [1.29, 1.82) is 0 Å². The van der Waals surface area contributed by atoms with Crippen molar-refractivity contribution in [1.82, 2.24) is 0 Å². The molecule has 2 rings (SSSR count). The minimum atomic E-state index is -4.88. The lowest BCUT2D eigenvalue weighted by Gasteiger charge is -2.16. The van der Waals surface area contributed by atoms with Gasteiger partial charge < -0.3 is 8.85 Å². The number of alkyl halides is 6. The van der Waals surface area contributed by atoms with Crippen molar-refractivity contribution >= 4 is 14.5 Å². The highest BCUT2D eigenvalue weighted by Gasteiger charge is 2.37. The maximum atomic E-state index is 13.0. The van der Waals surface area contributed by atoms with Crippen molar-refractivity contribution in [2.45, 2.75) is 26.2 Å². The molecule has 0 saturated carbocycles. The van der Waals surface area contributed by atoms with Gasteiger partial charge in [-0.3, -0.25) is 0 Å². The fourth-order valence-corrected chi connectivity index (χ4v) is 4.09. The molecular weight excluding hydrogens is 390 g/mol. The van der Waals surface area contributed by atoms with E-state index in [4.69, 9.17) is 8.85 Å². The smallest absolute Gasteiger partial charge is 0.394 e. The Bertz CT molecular complexity index is 718. The average molecular weight is 408 g/mol. The predicted molar refractivity (Wildman–Crippen MR) is 91.9 cm³/mol. The Morgan fingerprint density at radius 1 is 0.704 bits per heavy atom. The molecule has 0 aliphatic heterocycles. The molecule has 0 radical (unpaired) electrons. The largest absolute Gasteiger partial charge is 0.416 e. The molecule has 0 aliphatic rings. The van der Waals surface area contributed by atoms with Crippen LogP contribution in [-0.2, 0) is 21.2 Å². The standard InChI is InChI=1S/C18H18F6O2Si/c1-3-25-27(26-4-2)16-7-5-12(6-8-16)13-9-14(17(19,20)21)11-15(10-13)18(22,23)24/h5-11,27H,3-4H2,1-2H3. The highest BCUT2D eigenvalue weighted by molar-refractivity contribution is 6.61. The first-order valence-electron chi connectivity index (χ1n) is 8.19. The zero-order valence-corrected chi connectivity index (χ0v) is 15.8. The third kappa shape index (κ3) is 5.57. The zero-order valence-electron chi connectivity index (χ0n) is 14.6. The van der Waals surface area contributed by atoms with Crippen LogP contribution in [0.2, 0.25) is 0 Å². The van der Waals surface area contributed by atoms with Gasteiger partial charge >= 0.3 is 21.6 Å². The lowest BCUT2D eigenvalue weighted by atomic mass is 9.99. The summed E-state index contributed by atoms with van der Waals surface area (Å²) in [6.07, 6.45) is -9.75. The van der Waals surface area contributed by atoms with Crippen LogP contribution in [0.5, 0.6) is 0 Å². The van der Waals surface area contributed by atoms with Gasteiger partial charge in [-0.05, 0) is 48.4 Å². The van der Waals surface area contributed by atoms with Gasteiger partial charge in [0, 0.05) is 13.2 Å². The van der Waals surface area contributed by atoms with Gasteiger partial charge in [-0.25, -0.2) is 0 Å². The van der Waals surface area contributed by atoms with Gasteiger partial charge in [0.1, 0.15) is 0 Å². The van der Waals surface area contributed by atoms with Crippen LogP contribution in [0.15, 0.2) is 42.5 Å². The molecule has 0 amide bonds. The molecule has 9 heteroatoms. The Labute approximate surface area is 154 Å². The molecule has 0 heterocycles. The van der Waals surface area contributed by atoms with Crippen LogP contribution in [0.25, 0.3) is 11.1 Å². The molecule has 0 spiro atoms. The quantitative estimate of drug-likeness (QED) is 0.501. The van der Waals surface area contributed by atoms with Crippen molar-refractivity contribution in [3.63, 3.8) is 0 Å². The lowest BCUT2D eigenvalue weighted by molar-refractivity contribution is -0.143. The highest BCUT2D eigenvalue weighted by Crippen LogP contribution is 2.38. The van der Waals surface area contributed by atoms with Crippen LogP contribution in [0, 0.1) is 0 Å². The number of hydrogen-bond donors (Lipinski definition) is 0. The summed E-state index contributed by atoms with van der Waals surface area (Å²) in [6.45, 7) is 4.52. The van der Waals surface area contributed by atoms with Gasteiger partial charge in [0.25, 0.3) is 0 Å². The van der Waals surface area contributed by atoms with E-state index >= 15 is 0 Å². The van der Waals surface area contributed by atoms with Crippen LogP contribution < -0.4 is 5.19 Å². The number of benzene rings is 2. The molecular formula is C18H18F6O2Si. The minimum absolute atomic E-state index is 0.116. The fourth-order valence-electron chi connectivity index (χ4n) is 2.50. The van der Waals surface area contributed by atoms with Crippen molar-refractivity contribution < 1.29 is 35.2 Å². The fraction of sp³-hybridized carbons (Fsp3) is 0.333. The molecule has 0 fully saturated rings. The summed E-state index contributed by atoms with van der Waals surface area (Å²) in [4.78, 5) is 0. The molecule has 0 unspecified atom stereocenters. The molecule has 2 aromatic carbocycles. The van der Waals surface area contributed by atoms with E-state index in [9.17, 15) is 26.3 Å². The van der Waals surface area contributed by atoms with Gasteiger partial charge in [0.2, 0.25) is 0 Å². The first-order valence-corrected chi connectivity index (χ1v) is 9.71. The molecule has 0 N–H and O–H groups in total. The SMILES string of the molecule is CCO[SiH](OCC)c1ccc(-c2cc(C(F)(F)F)cc(C(F)(F)F)c2)cc1. The maximum absolute atomic E-state index is 13.0. The lowest BCUT2D eigenvalue weighted by Crippen LogP contribution is -2.36. The average Bonchev–Trinajstić information content (AvgIpc) is 2.60. The third-order valence-corrected chi connectivity index (χ3v) is 5.94. The van der Waals surface area contributed by atoms with E-state index in [1.165, 1.54) is 12.1 Å². The van der Waals surface area contributed by atoms with E-state index in [1.807, 2.05) is 13.8 Å². The summed E-state index contributed by atoms with van der Waals surface area (Å²) in [6, 6.07) is 7.72. The summed E-state index contributed by atoms with van der Waals surface area (Å²) in [5, 5.41) is 0.755. The second-order valence-electron chi connectivity index (χ2n) is 5.66. The molecule has 0 atom stereocenters. The summed E-state index contributed by atoms with van der Waals surface area (Å²) in [5.41, 5.74) is -2.59. The predicted octanol–water partition coefficient (Wildman–Crippen LogP) is 4.89. The first kappa shape index (κ1) is 21.5. The number of hydrogen-bond acceptors (Lipinski definition) is 2. The van der Waals surface area contributed by atoms with Gasteiger partial charge in [-0.15, -0.1) is 0 Å². The van der Waals surface area contributed by atoms with E-state index < -0.39 is 32.8 Å². The summed E-state index contributed by atoms with van der Waals surface area (Å²) in [7, 11) is -2.14. The monoisotopic (exact) mass is 408 g/mol. The van der Waals surface area contributed by atoms with Crippen LogP contribution in [0.4, 0.5) is 26.3 Å². The van der Waals surface area contributed by atoms with Crippen LogP contribution in [0.1, 0.15) is 25.0 Å². The third-order valence-electron chi connectivity index (χ3n) is 3.74. The van der Waals surface area contributed by atoms with E-state index in [1.54, 1.807) is 12.1 Å². The zero-order chi connectivity index (χ0) is 20.2. The van der Waals surface area contributed by atoms with Crippen LogP contribution >= 0.6 is 0 Å². The molecule has 2 aromatic rings. The van der Waals surface area contributed by atoms with Crippen molar-refractivity contribution in [2.75, 3.05) is 13.2 Å². The van der Waals surface area contributed by atoms with Crippen molar-refractivity contribution in [2.24, 2.45) is 0 Å². The van der Waals surface area contributed by atoms with E-state index in [0.29, 0.717) is 25.3 Å². The van der Waals surface area contributed by atoms with E-state index in [2.05, 4.69) is 0 Å². The Hall–Kier alpha value is -1.84. The molecule has 27 heavy (non-hydrogen) atoms. The second kappa shape index (κ2) is 8.45. The van der Waals surface area contributed by atoms with Gasteiger partial charge in [-0.1, -0.05) is 24.3 Å². The van der Waals surface area contributed by atoms with Crippen LogP contribution in [-0.4, -0.2) is 22.5 Å². The van der Waals surface area contributed by atoms with Gasteiger partial charge in [-0.2, -0.15) is 26.3 Å². The maximum Gasteiger partial charge on any atom is 0.416 e. The van der Waals surface area contributed by atoms with E-state index in [0.717, 1.165) is 5.19 Å². The second-order valence-corrected chi connectivity index (χ2v) is 7.66. The van der Waals surface area contributed by atoms with Crippen molar-refractivity contribution in [3.05, 3.63) is 53.6 Å². The van der Waals surface area contributed by atoms with E-state index in [-0.39, 0.29) is 17.2 Å². The number of rotatable bonds is 6. The highest BCUT2D eigenvalue weighted by atomic mass is 28.3. The van der Waals surface area contributed by atoms with Gasteiger partial charge in [0.05, 0.1) is 11.1 Å². The topological polar surface area (TPSA) is 18.5 Å². The normalized spacial score (nSPS) is 12.6. The summed E-state index contributed by atoms with van der Waals surface area (Å²) < 4.78 is 89.1. The Balaban J connectivity index is 2.45. The molecule has 0 aliphatic carbocycles. The minimum Gasteiger partial charge on any atom is -0.394 e. The van der Waals surface area contributed by atoms with Gasteiger partial charge in [0.15, 0.2) is 0 Å². The molecule has 0 saturated heterocycles. The molecule has 148 valence electrons. The number of halogens is 6. The first-order chi connectivity index (χ1) is 12.6. The van der Waals surface area contributed by atoms with Crippen LogP contribution in [0.3, 0.4) is 0 Å². The molecule has 0 aromatic heterocycles. The summed E-state index contributed by atoms with van der Waals surface area (Å²) in [5.74, 6) is 0. The summed E-state index contributed by atoms with van der Waals surface area (Å²) >= 11 is 0. The Morgan fingerprint density at radius 3 is 1.52 bits per heavy atom. The Morgan fingerprint density at radius 2 is 1.15 bits per heavy atom. The van der Waals surface area contributed by atoms with Crippen molar-refractivity contribution in [3.8, 4) is 11.1 Å². The Kier molecular flexibility index (Phi) is 6.71.